The van der Waals surface area contributed by atoms with Gasteiger partial charge in [0, 0.05) is 40.8 Å². The number of amides is 1. The Morgan fingerprint density at radius 2 is 2.00 bits per heavy atom. The number of carbonyl (C=O) groups is 1. The van der Waals surface area contributed by atoms with Gasteiger partial charge in [-0.05, 0) is 60.7 Å². The predicted octanol–water partition coefficient (Wildman–Crippen LogP) is 4.85. The maximum absolute atomic E-state index is 12.8. The van der Waals surface area contributed by atoms with Crippen molar-refractivity contribution >= 4 is 28.4 Å². The van der Waals surface area contributed by atoms with E-state index in [1.165, 1.54) is 10.9 Å². The summed E-state index contributed by atoms with van der Waals surface area (Å²) in [6.07, 6.45) is 4.00. The van der Waals surface area contributed by atoms with Crippen LogP contribution < -0.4 is 4.74 Å². The third kappa shape index (κ3) is 3.17. The summed E-state index contributed by atoms with van der Waals surface area (Å²) in [5.41, 5.74) is 3.09. The maximum atomic E-state index is 12.8. The number of fused-ring (bicyclic) bond motifs is 1. The largest absolute Gasteiger partial charge is 0.497 e. The van der Waals surface area contributed by atoms with Gasteiger partial charge in [-0.1, -0.05) is 17.7 Å². The third-order valence-electron chi connectivity index (χ3n) is 5.21. The van der Waals surface area contributed by atoms with Crippen LogP contribution in [-0.4, -0.2) is 36.0 Å². The quantitative estimate of drug-likeness (QED) is 0.718. The van der Waals surface area contributed by atoms with Gasteiger partial charge in [-0.25, -0.2) is 0 Å². The lowest BCUT2D eigenvalue weighted by atomic mass is 9.89. The van der Waals surface area contributed by atoms with Crippen molar-refractivity contribution in [1.82, 2.24) is 9.88 Å². The topological polar surface area (TPSA) is 45.3 Å². The summed E-state index contributed by atoms with van der Waals surface area (Å²) in [6, 6.07) is 13.3. The fourth-order valence-electron chi connectivity index (χ4n) is 3.78. The van der Waals surface area contributed by atoms with Gasteiger partial charge in [-0.15, -0.1) is 0 Å². The highest BCUT2D eigenvalue weighted by molar-refractivity contribution is 6.31. The molecule has 0 atom stereocenters. The second-order valence-electron chi connectivity index (χ2n) is 6.73. The summed E-state index contributed by atoms with van der Waals surface area (Å²) in [6.45, 7) is 1.52. The van der Waals surface area contributed by atoms with Crippen LogP contribution in [0.15, 0.2) is 48.7 Å². The average molecular weight is 369 g/mol. The van der Waals surface area contributed by atoms with Crippen molar-refractivity contribution in [2.45, 2.75) is 18.8 Å². The summed E-state index contributed by atoms with van der Waals surface area (Å²) in [5.74, 6) is 1.22. The van der Waals surface area contributed by atoms with Crippen LogP contribution in [0.3, 0.4) is 0 Å². The first-order valence-electron chi connectivity index (χ1n) is 8.85. The lowest BCUT2D eigenvalue weighted by Crippen LogP contribution is -2.37. The molecule has 1 N–H and O–H groups in total. The van der Waals surface area contributed by atoms with Crippen molar-refractivity contribution in [3.63, 3.8) is 0 Å². The van der Waals surface area contributed by atoms with Crippen LogP contribution in [0.25, 0.3) is 10.9 Å². The Morgan fingerprint density at radius 3 is 2.77 bits per heavy atom. The number of hydrogen-bond acceptors (Lipinski definition) is 2. The Bertz CT molecular complexity index is 942. The number of methoxy groups -OCH3 is 1. The minimum Gasteiger partial charge on any atom is -0.497 e. The number of H-pyrrole nitrogens is 1. The standard InChI is InChI=1S/C21H21ClN2O2/c1-26-17-4-2-3-15(11-17)21(25)24-9-7-14(8-10-24)19-13-23-20-6-5-16(22)12-18(19)20/h2-6,11-14,23H,7-10H2,1H3. The van der Waals surface area contributed by atoms with Gasteiger partial charge in [0.15, 0.2) is 0 Å². The zero-order valence-corrected chi connectivity index (χ0v) is 15.4. The van der Waals surface area contributed by atoms with Gasteiger partial charge in [0.2, 0.25) is 0 Å². The number of piperidine rings is 1. The van der Waals surface area contributed by atoms with Crippen molar-refractivity contribution in [3.8, 4) is 5.75 Å². The highest BCUT2D eigenvalue weighted by Gasteiger charge is 2.26. The van der Waals surface area contributed by atoms with Gasteiger partial charge in [0.25, 0.3) is 5.91 Å². The molecular formula is C21H21ClN2O2. The second kappa shape index (κ2) is 7.04. The number of carbonyl (C=O) groups excluding carboxylic acids is 1. The number of hydrogen-bond donors (Lipinski definition) is 1. The lowest BCUT2D eigenvalue weighted by Gasteiger charge is -2.32. The van der Waals surface area contributed by atoms with E-state index in [0.717, 1.165) is 36.5 Å². The van der Waals surface area contributed by atoms with E-state index in [2.05, 4.69) is 11.2 Å². The van der Waals surface area contributed by atoms with Crippen LogP contribution in [-0.2, 0) is 0 Å². The number of ether oxygens (including phenoxy) is 1. The van der Waals surface area contributed by atoms with Crippen molar-refractivity contribution in [1.29, 1.82) is 0 Å². The molecule has 2 heterocycles. The average Bonchev–Trinajstić information content (AvgIpc) is 3.10. The van der Waals surface area contributed by atoms with E-state index in [0.29, 0.717) is 17.2 Å². The van der Waals surface area contributed by atoms with Crippen molar-refractivity contribution in [2.24, 2.45) is 0 Å². The van der Waals surface area contributed by atoms with E-state index < -0.39 is 0 Å². The van der Waals surface area contributed by atoms with Crippen molar-refractivity contribution < 1.29 is 9.53 Å². The zero-order chi connectivity index (χ0) is 18.1. The van der Waals surface area contributed by atoms with Gasteiger partial charge in [-0.2, -0.15) is 0 Å². The fraction of sp³-hybridized carbons (Fsp3) is 0.286. The molecule has 1 aromatic heterocycles. The number of likely N-dealkylation sites (tertiary alicyclic amines) is 1. The number of aromatic nitrogens is 1. The van der Waals surface area contributed by atoms with E-state index in [-0.39, 0.29) is 5.91 Å². The molecule has 26 heavy (non-hydrogen) atoms. The molecule has 0 unspecified atom stereocenters. The summed E-state index contributed by atoms with van der Waals surface area (Å²) in [7, 11) is 1.61. The molecule has 0 spiro atoms. The van der Waals surface area contributed by atoms with Crippen LogP contribution in [0.5, 0.6) is 5.75 Å². The zero-order valence-electron chi connectivity index (χ0n) is 14.7. The third-order valence-corrected chi connectivity index (χ3v) is 5.45. The molecule has 1 amide bonds. The van der Waals surface area contributed by atoms with E-state index in [9.17, 15) is 4.79 Å². The molecule has 1 saturated heterocycles. The van der Waals surface area contributed by atoms with Gasteiger partial charge in [0.05, 0.1) is 7.11 Å². The van der Waals surface area contributed by atoms with E-state index in [4.69, 9.17) is 16.3 Å². The lowest BCUT2D eigenvalue weighted by molar-refractivity contribution is 0.0713. The van der Waals surface area contributed by atoms with Gasteiger partial charge in [-0.3, -0.25) is 4.79 Å². The maximum Gasteiger partial charge on any atom is 0.253 e. The molecule has 0 bridgehead atoms. The van der Waals surface area contributed by atoms with Gasteiger partial charge >= 0.3 is 0 Å². The first kappa shape index (κ1) is 17.0. The highest BCUT2D eigenvalue weighted by Crippen LogP contribution is 2.34. The van der Waals surface area contributed by atoms with Crippen LogP contribution in [0.4, 0.5) is 0 Å². The van der Waals surface area contributed by atoms with Crippen molar-refractivity contribution in [3.05, 3.63) is 64.8 Å². The normalized spacial score (nSPS) is 15.4. The van der Waals surface area contributed by atoms with Crippen LogP contribution in [0, 0.1) is 0 Å². The first-order chi connectivity index (χ1) is 12.7. The van der Waals surface area contributed by atoms with Crippen LogP contribution >= 0.6 is 11.6 Å². The summed E-state index contributed by atoms with van der Waals surface area (Å²) >= 11 is 6.17. The monoisotopic (exact) mass is 368 g/mol. The summed E-state index contributed by atoms with van der Waals surface area (Å²) in [4.78, 5) is 18.0. The number of nitrogens with zero attached hydrogens (tertiary/aromatic N) is 1. The number of benzene rings is 2. The Kier molecular flexibility index (Phi) is 4.60. The Labute approximate surface area is 157 Å². The first-order valence-corrected chi connectivity index (χ1v) is 9.23. The molecule has 1 aliphatic rings. The van der Waals surface area contributed by atoms with Crippen LogP contribution in [0.1, 0.15) is 34.7 Å². The molecule has 4 rings (SSSR count). The number of aromatic amines is 1. The molecule has 4 nitrogen and oxygen atoms in total. The Morgan fingerprint density at radius 1 is 1.19 bits per heavy atom. The van der Waals surface area contributed by atoms with E-state index in [1.807, 2.05) is 41.3 Å². The van der Waals surface area contributed by atoms with Crippen molar-refractivity contribution in [2.75, 3.05) is 20.2 Å². The molecule has 3 aromatic rings. The summed E-state index contributed by atoms with van der Waals surface area (Å²) < 4.78 is 5.22. The highest BCUT2D eigenvalue weighted by atomic mass is 35.5. The summed E-state index contributed by atoms with van der Waals surface area (Å²) in [5, 5.41) is 1.94. The molecule has 2 aromatic carbocycles. The molecule has 1 fully saturated rings. The molecule has 0 radical (unpaired) electrons. The van der Waals surface area contributed by atoms with E-state index >= 15 is 0 Å². The Hall–Kier alpha value is -2.46. The molecule has 0 aliphatic carbocycles. The van der Waals surface area contributed by atoms with Crippen LogP contribution in [0.2, 0.25) is 5.02 Å². The second-order valence-corrected chi connectivity index (χ2v) is 7.17. The van der Waals surface area contributed by atoms with E-state index in [1.54, 1.807) is 13.2 Å². The number of nitrogens with one attached hydrogen (secondary N) is 1. The number of halogens is 1. The molecule has 134 valence electrons. The predicted molar refractivity (Wildman–Crippen MR) is 104 cm³/mol. The molecule has 5 heteroatoms. The minimum atomic E-state index is 0.0734. The van der Waals surface area contributed by atoms with Gasteiger partial charge in [0.1, 0.15) is 5.75 Å². The SMILES string of the molecule is COc1cccc(C(=O)N2CCC(c3c[nH]c4ccc(Cl)cc34)CC2)c1. The number of rotatable bonds is 3. The molecule has 1 aliphatic heterocycles. The minimum absolute atomic E-state index is 0.0734. The Balaban J connectivity index is 1.48. The molecular weight excluding hydrogens is 348 g/mol. The fourth-order valence-corrected chi connectivity index (χ4v) is 3.96. The van der Waals surface area contributed by atoms with Gasteiger partial charge < -0.3 is 14.6 Å². The smallest absolute Gasteiger partial charge is 0.253 e. The molecule has 0 saturated carbocycles.